The molecule has 2 aromatic carbocycles. The van der Waals surface area contributed by atoms with Crippen LogP contribution in [0.1, 0.15) is 31.2 Å². The fraction of sp³-hybridized carbons (Fsp3) is 0.273. The van der Waals surface area contributed by atoms with Gasteiger partial charge in [0.15, 0.2) is 0 Å². The van der Waals surface area contributed by atoms with Crippen LogP contribution in [0.5, 0.6) is 0 Å². The fourth-order valence-corrected chi connectivity index (χ4v) is 3.41. The summed E-state index contributed by atoms with van der Waals surface area (Å²) < 4.78 is 20.9. The number of halogens is 2. The van der Waals surface area contributed by atoms with Gasteiger partial charge in [0.25, 0.3) is 0 Å². The first kappa shape index (κ1) is 20.9. The Kier molecular flexibility index (Phi) is 6.54. The average molecular weight is 416 g/mol. The molecule has 0 radical (unpaired) electrons. The molecular formula is C22H23ClFN3O2. The number of hydrogen-bond donors (Lipinski definition) is 1. The summed E-state index contributed by atoms with van der Waals surface area (Å²) in [7, 11) is 3.23. The van der Waals surface area contributed by atoms with Gasteiger partial charge in [0.1, 0.15) is 5.82 Å². The van der Waals surface area contributed by atoms with Gasteiger partial charge in [-0.25, -0.2) is 4.39 Å². The van der Waals surface area contributed by atoms with Crippen LogP contribution >= 0.6 is 11.6 Å². The van der Waals surface area contributed by atoms with Gasteiger partial charge in [-0.15, -0.1) is 0 Å². The van der Waals surface area contributed by atoms with Crippen molar-refractivity contribution in [2.24, 2.45) is 7.05 Å². The van der Waals surface area contributed by atoms with Crippen molar-refractivity contribution in [2.45, 2.75) is 25.7 Å². The molecule has 1 aromatic heterocycles. The summed E-state index contributed by atoms with van der Waals surface area (Å²) in [4.78, 5) is 11.8. The van der Waals surface area contributed by atoms with Gasteiger partial charge in [0, 0.05) is 35.1 Å². The molecule has 3 rings (SSSR count). The molecule has 0 amide bonds. The lowest BCUT2D eigenvalue weighted by Gasteiger charge is -2.18. The van der Waals surface area contributed by atoms with E-state index in [0.29, 0.717) is 10.7 Å². The van der Waals surface area contributed by atoms with E-state index in [1.165, 1.54) is 13.2 Å². The molecule has 5 nitrogen and oxygen atoms in total. The number of esters is 1. The molecule has 7 heteroatoms. The summed E-state index contributed by atoms with van der Waals surface area (Å²) >= 11 is 5.88. The quantitative estimate of drug-likeness (QED) is 0.504. The van der Waals surface area contributed by atoms with Crippen LogP contribution in [0.2, 0.25) is 5.02 Å². The van der Waals surface area contributed by atoms with Gasteiger partial charge in [-0.1, -0.05) is 30.7 Å². The van der Waals surface area contributed by atoms with E-state index in [1.54, 1.807) is 23.0 Å². The third-order valence-corrected chi connectivity index (χ3v) is 5.10. The number of ether oxygens (including phenoxy) is 1. The Morgan fingerprint density at radius 2 is 2.07 bits per heavy atom. The standard InChI is InChI=1S/C22H23ClFN3O2/c1-4-14(10-22(28)29-3)15-5-7-18(16-12-25-27(2)13-16)21(9-15)26-20-8-6-17(23)11-19(20)24/h5-9,11-14,26H,4,10H2,1-3H3. The number of methoxy groups -OCH3 is 1. The molecule has 29 heavy (non-hydrogen) atoms. The number of nitrogens with one attached hydrogen (secondary N) is 1. The number of aryl methyl sites for hydroxylation is 1. The lowest BCUT2D eigenvalue weighted by atomic mass is 9.91. The first-order chi connectivity index (χ1) is 13.9. The van der Waals surface area contributed by atoms with E-state index in [1.807, 2.05) is 38.4 Å². The first-order valence-electron chi connectivity index (χ1n) is 9.33. The van der Waals surface area contributed by atoms with Crippen LogP contribution in [0.3, 0.4) is 0 Å². The van der Waals surface area contributed by atoms with Crippen molar-refractivity contribution in [3.05, 3.63) is 65.2 Å². The van der Waals surface area contributed by atoms with Crippen LogP contribution in [0.15, 0.2) is 48.8 Å². The molecule has 0 aliphatic rings. The summed E-state index contributed by atoms with van der Waals surface area (Å²) in [5.41, 5.74) is 3.79. The lowest BCUT2D eigenvalue weighted by molar-refractivity contribution is -0.141. The Hall–Kier alpha value is -2.86. The van der Waals surface area contributed by atoms with Crippen LogP contribution in [0, 0.1) is 5.82 Å². The van der Waals surface area contributed by atoms with Crippen molar-refractivity contribution in [3.8, 4) is 11.1 Å². The van der Waals surface area contributed by atoms with E-state index >= 15 is 0 Å². The number of aromatic nitrogens is 2. The molecule has 1 unspecified atom stereocenters. The molecule has 0 aliphatic heterocycles. The third kappa shape index (κ3) is 4.95. The number of benzene rings is 2. The first-order valence-corrected chi connectivity index (χ1v) is 9.71. The van der Waals surface area contributed by atoms with Crippen molar-refractivity contribution in [1.82, 2.24) is 9.78 Å². The SMILES string of the molecule is CCC(CC(=O)OC)c1ccc(-c2cnn(C)c2)c(Nc2ccc(Cl)cc2F)c1. The molecule has 0 spiro atoms. The third-order valence-electron chi connectivity index (χ3n) is 4.86. The highest BCUT2D eigenvalue weighted by atomic mass is 35.5. The zero-order valence-corrected chi connectivity index (χ0v) is 17.3. The van der Waals surface area contributed by atoms with Gasteiger partial charge in [0.2, 0.25) is 0 Å². The largest absolute Gasteiger partial charge is 0.469 e. The molecule has 0 saturated heterocycles. The lowest BCUT2D eigenvalue weighted by Crippen LogP contribution is -2.08. The monoisotopic (exact) mass is 415 g/mol. The fourth-order valence-electron chi connectivity index (χ4n) is 3.25. The zero-order chi connectivity index (χ0) is 21.0. The van der Waals surface area contributed by atoms with E-state index in [-0.39, 0.29) is 18.3 Å². The Morgan fingerprint density at radius 1 is 1.28 bits per heavy atom. The topological polar surface area (TPSA) is 56.1 Å². The van der Waals surface area contributed by atoms with Crippen LogP contribution in [0.25, 0.3) is 11.1 Å². The molecule has 0 saturated carbocycles. The van der Waals surface area contributed by atoms with Crippen LogP contribution < -0.4 is 5.32 Å². The number of rotatable bonds is 7. The normalized spacial score (nSPS) is 11.9. The number of carbonyl (C=O) groups is 1. The van der Waals surface area contributed by atoms with Gasteiger partial charge < -0.3 is 10.1 Å². The predicted octanol–water partition coefficient (Wildman–Crippen LogP) is 5.68. The minimum Gasteiger partial charge on any atom is -0.469 e. The Morgan fingerprint density at radius 3 is 2.69 bits per heavy atom. The van der Waals surface area contributed by atoms with Gasteiger partial charge in [-0.2, -0.15) is 5.10 Å². The summed E-state index contributed by atoms with van der Waals surface area (Å²) in [6.45, 7) is 2.02. The maximum Gasteiger partial charge on any atom is 0.306 e. The zero-order valence-electron chi connectivity index (χ0n) is 16.6. The van der Waals surface area contributed by atoms with E-state index in [0.717, 1.165) is 28.8 Å². The maximum absolute atomic E-state index is 14.4. The molecule has 1 N–H and O–H groups in total. The number of nitrogens with zero attached hydrogens (tertiary/aromatic N) is 2. The second-order valence-corrected chi connectivity index (χ2v) is 7.28. The molecule has 1 heterocycles. The van der Waals surface area contributed by atoms with Crippen LogP contribution in [-0.4, -0.2) is 22.9 Å². The van der Waals surface area contributed by atoms with Crippen molar-refractivity contribution >= 4 is 28.9 Å². The summed E-state index contributed by atoms with van der Waals surface area (Å²) in [5.74, 6) is -0.700. The summed E-state index contributed by atoms with van der Waals surface area (Å²) in [6.07, 6.45) is 4.71. The molecule has 1 atom stereocenters. The van der Waals surface area contributed by atoms with Crippen molar-refractivity contribution in [1.29, 1.82) is 0 Å². The molecule has 152 valence electrons. The van der Waals surface area contributed by atoms with Crippen molar-refractivity contribution < 1.29 is 13.9 Å². The predicted molar refractivity (Wildman–Crippen MR) is 113 cm³/mol. The second kappa shape index (κ2) is 9.09. The van der Waals surface area contributed by atoms with Crippen LogP contribution in [-0.2, 0) is 16.6 Å². The van der Waals surface area contributed by atoms with Gasteiger partial charge in [-0.05, 0) is 42.2 Å². The highest BCUT2D eigenvalue weighted by Crippen LogP contribution is 2.35. The molecule has 3 aromatic rings. The van der Waals surface area contributed by atoms with Gasteiger partial charge in [-0.3, -0.25) is 9.48 Å². The second-order valence-electron chi connectivity index (χ2n) is 6.84. The molecule has 0 bridgehead atoms. The van der Waals surface area contributed by atoms with E-state index in [9.17, 15) is 9.18 Å². The van der Waals surface area contributed by atoms with E-state index in [2.05, 4.69) is 10.4 Å². The summed E-state index contributed by atoms with van der Waals surface area (Å²) in [5, 5.41) is 7.74. The smallest absolute Gasteiger partial charge is 0.306 e. The van der Waals surface area contributed by atoms with Crippen molar-refractivity contribution in [2.75, 3.05) is 12.4 Å². The number of anilines is 2. The van der Waals surface area contributed by atoms with Gasteiger partial charge in [0.05, 0.1) is 25.4 Å². The summed E-state index contributed by atoms with van der Waals surface area (Å²) in [6, 6.07) is 10.4. The molecule has 0 aliphatic carbocycles. The highest BCUT2D eigenvalue weighted by molar-refractivity contribution is 6.30. The number of carbonyl (C=O) groups excluding carboxylic acids is 1. The van der Waals surface area contributed by atoms with Crippen LogP contribution in [0.4, 0.5) is 15.8 Å². The maximum atomic E-state index is 14.4. The van der Waals surface area contributed by atoms with E-state index in [4.69, 9.17) is 16.3 Å². The number of hydrogen-bond acceptors (Lipinski definition) is 4. The van der Waals surface area contributed by atoms with Gasteiger partial charge >= 0.3 is 5.97 Å². The minimum atomic E-state index is -0.443. The minimum absolute atomic E-state index is 0.000938. The Labute approximate surface area is 174 Å². The molecular weight excluding hydrogens is 393 g/mol. The van der Waals surface area contributed by atoms with E-state index < -0.39 is 5.82 Å². The average Bonchev–Trinajstić information content (AvgIpc) is 3.14. The molecule has 0 fully saturated rings. The highest BCUT2D eigenvalue weighted by Gasteiger charge is 2.18. The Bertz CT molecular complexity index is 1020. The Balaban J connectivity index is 2.04. The van der Waals surface area contributed by atoms with Crippen molar-refractivity contribution in [3.63, 3.8) is 0 Å².